The number of H-pyrrole nitrogens is 1. The Morgan fingerprint density at radius 3 is 2.52 bits per heavy atom. The highest BCUT2D eigenvalue weighted by Crippen LogP contribution is 2.29. The summed E-state index contributed by atoms with van der Waals surface area (Å²) < 4.78 is 3.75. The molecule has 0 unspecified atom stereocenters. The number of aromatic amines is 1. The van der Waals surface area contributed by atoms with Crippen LogP contribution in [0.4, 0.5) is 0 Å². The van der Waals surface area contributed by atoms with E-state index in [1.165, 1.54) is 0 Å². The second kappa shape index (κ2) is 10.3. The summed E-state index contributed by atoms with van der Waals surface area (Å²) in [5.41, 5.74) is 5.21. The number of nitrogens with zero attached hydrogens (tertiary/aromatic N) is 5. The van der Waals surface area contributed by atoms with Crippen molar-refractivity contribution < 1.29 is 0 Å². The number of tetrazole rings is 1. The average Bonchev–Trinajstić information content (AvgIpc) is 3.46. The number of imidazole rings is 1. The van der Waals surface area contributed by atoms with E-state index >= 15 is 0 Å². The van der Waals surface area contributed by atoms with Gasteiger partial charge in [0.15, 0.2) is 0 Å². The first-order chi connectivity index (χ1) is 16.1. The van der Waals surface area contributed by atoms with E-state index in [2.05, 4.69) is 65.3 Å². The fraction of sp³-hybridized carbons (Fsp3) is 0.308. The van der Waals surface area contributed by atoms with E-state index in [9.17, 15) is 4.79 Å². The highest BCUT2D eigenvalue weighted by molar-refractivity contribution is 5.80. The molecule has 1 N–H and O–H groups in total. The van der Waals surface area contributed by atoms with Gasteiger partial charge in [0.1, 0.15) is 0 Å². The Morgan fingerprint density at radius 2 is 1.85 bits per heavy atom. The number of benzene rings is 2. The molecular formula is C26H30N6O. The minimum absolute atomic E-state index is 0.0567. The molecule has 0 atom stereocenters. The Morgan fingerprint density at radius 1 is 1.09 bits per heavy atom. The van der Waals surface area contributed by atoms with Crippen LogP contribution in [0.3, 0.4) is 0 Å². The van der Waals surface area contributed by atoms with Gasteiger partial charge in [-0.3, -0.25) is 9.13 Å². The zero-order valence-electron chi connectivity index (χ0n) is 19.2. The Kier molecular flexibility index (Phi) is 6.98. The van der Waals surface area contributed by atoms with Crippen molar-refractivity contribution in [1.82, 2.24) is 29.8 Å². The second-order valence-electron chi connectivity index (χ2n) is 8.67. The quantitative estimate of drug-likeness (QED) is 0.361. The van der Waals surface area contributed by atoms with E-state index in [0.717, 1.165) is 53.8 Å². The minimum Gasteiger partial charge on any atom is -0.299 e. The van der Waals surface area contributed by atoms with E-state index < -0.39 is 0 Å². The van der Waals surface area contributed by atoms with Crippen LogP contribution in [0.1, 0.15) is 37.9 Å². The lowest BCUT2D eigenvalue weighted by atomic mass is 9.98. The maximum atomic E-state index is 13.1. The highest BCUT2D eigenvalue weighted by atomic mass is 16.1. The number of aryl methyl sites for hydroxylation is 2. The van der Waals surface area contributed by atoms with Crippen LogP contribution in [0.2, 0.25) is 0 Å². The summed E-state index contributed by atoms with van der Waals surface area (Å²) in [5.74, 6) is 1.12. The number of nitrogens with one attached hydrogen (secondary N) is 1. The molecule has 4 rings (SSSR count). The normalized spacial score (nSPS) is 11.2. The van der Waals surface area contributed by atoms with Gasteiger partial charge >= 0.3 is 5.69 Å². The van der Waals surface area contributed by atoms with Crippen molar-refractivity contribution in [3.05, 3.63) is 89.1 Å². The predicted molar refractivity (Wildman–Crippen MR) is 131 cm³/mol. The Balaban J connectivity index is 1.60. The third-order valence-corrected chi connectivity index (χ3v) is 5.80. The van der Waals surface area contributed by atoms with E-state index in [4.69, 9.17) is 0 Å². The van der Waals surface area contributed by atoms with E-state index in [0.29, 0.717) is 18.3 Å². The van der Waals surface area contributed by atoms with Crippen LogP contribution in [-0.2, 0) is 19.5 Å². The average molecular weight is 443 g/mol. The molecule has 0 saturated heterocycles. The van der Waals surface area contributed by atoms with Crippen molar-refractivity contribution in [3.8, 4) is 22.5 Å². The van der Waals surface area contributed by atoms with E-state index in [-0.39, 0.29) is 5.69 Å². The fourth-order valence-electron chi connectivity index (χ4n) is 3.94. The number of hydrogen-bond donors (Lipinski definition) is 1. The van der Waals surface area contributed by atoms with Crippen LogP contribution in [0.25, 0.3) is 22.5 Å². The number of rotatable bonds is 10. The Bertz CT molecular complexity index is 1250. The molecule has 2 aromatic carbocycles. The molecule has 0 fully saturated rings. The summed E-state index contributed by atoms with van der Waals surface area (Å²) >= 11 is 0. The molecule has 170 valence electrons. The molecule has 7 nitrogen and oxygen atoms in total. The van der Waals surface area contributed by atoms with Gasteiger partial charge in [-0.2, -0.15) is 5.21 Å². The number of hydrogen-bond acceptors (Lipinski definition) is 4. The Hall–Kier alpha value is -3.74. The van der Waals surface area contributed by atoms with Gasteiger partial charge in [0, 0.05) is 24.0 Å². The lowest BCUT2D eigenvalue weighted by molar-refractivity contribution is 0.502. The lowest BCUT2D eigenvalue weighted by Crippen LogP contribution is -2.26. The first-order valence-corrected chi connectivity index (χ1v) is 11.4. The van der Waals surface area contributed by atoms with Gasteiger partial charge < -0.3 is 0 Å². The van der Waals surface area contributed by atoms with Crippen molar-refractivity contribution in [2.75, 3.05) is 0 Å². The molecule has 33 heavy (non-hydrogen) atoms. The van der Waals surface area contributed by atoms with Gasteiger partial charge in [-0.15, -0.1) is 16.8 Å². The molecule has 0 saturated carbocycles. The summed E-state index contributed by atoms with van der Waals surface area (Å²) in [4.78, 5) is 13.1. The molecule has 0 aliphatic heterocycles. The first-order valence-electron chi connectivity index (χ1n) is 11.4. The maximum Gasteiger partial charge on any atom is 0.328 e. The molecule has 0 aliphatic carbocycles. The number of aromatic nitrogens is 6. The standard InChI is InChI=1S/C26H30N6O/c1-4-5-8-22-18-31(16-15-19(2)3)26(33)32(22)17-20-11-13-21(14-12-20)23-9-6-7-10-24(23)25-27-29-30-28-25/h4,6-7,9-14,18-19H,1,5,8,15-17H2,2-3H3,(H,27,28,29,30). The van der Waals surface area contributed by atoms with Crippen LogP contribution in [-0.4, -0.2) is 29.8 Å². The van der Waals surface area contributed by atoms with Crippen molar-refractivity contribution in [1.29, 1.82) is 0 Å². The third-order valence-electron chi connectivity index (χ3n) is 5.80. The van der Waals surface area contributed by atoms with Crippen molar-refractivity contribution in [2.45, 2.75) is 46.2 Å². The third kappa shape index (κ3) is 5.19. The topological polar surface area (TPSA) is 81.4 Å². The van der Waals surface area contributed by atoms with E-state index in [1.54, 1.807) is 0 Å². The van der Waals surface area contributed by atoms with Gasteiger partial charge in [0.2, 0.25) is 5.82 Å². The fourth-order valence-corrected chi connectivity index (χ4v) is 3.94. The Labute approximate surface area is 193 Å². The van der Waals surface area contributed by atoms with Gasteiger partial charge in [0.25, 0.3) is 0 Å². The highest BCUT2D eigenvalue weighted by Gasteiger charge is 2.13. The molecule has 0 amide bonds. The molecular weight excluding hydrogens is 412 g/mol. The molecule has 2 aromatic heterocycles. The van der Waals surface area contributed by atoms with Crippen LogP contribution in [0.15, 0.2) is 72.2 Å². The first kappa shape index (κ1) is 22.5. The van der Waals surface area contributed by atoms with Crippen molar-refractivity contribution in [2.24, 2.45) is 5.92 Å². The van der Waals surface area contributed by atoms with Crippen LogP contribution < -0.4 is 5.69 Å². The molecule has 0 spiro atoms. The van der Waals surface area contributed by atoms with Crippen molar-refractivity contribution in [3.63, 3.8) is 0 Å². The van der Waals surface area contributed by atoms with Crippen LogP contribution in [0.5, 0.6) is 0 Å². The lowest BCUT2D eigenvalue weighted by Gasteiger charge is -2.10. The summed E-state index contributed by atoms with van der Waals surface area (Å²) in [6.45, 7) is 9.49. The molecule has 2 heterocycles. The zero-order valence-corrected chi connectivity index (χ0v) is 19.2. The predicted octanol–water partition coefficient (Wildman–Crippen LogP) is 4.71. The molecule has 4 aromatic rings. The van der Waals surface area contributed by atoms with Gasteiger partial charge in [0.05, 0.1) is 6.54 Å². The summed E-state index contributed by atoms with van der Waals surface area (Å²) in [7, 11) is 0. The maximum absolute atomic E-state index is 13.1. The van der Waals surface area contributed by atoms with Crippen molar-refractivity contribution >= 4 is 0 Å². The second-order valence-corrected chi connectivity index (χ2v) is 8.67. The summed E-state index contributed by atoms with van der Waals surface area (Å²) in [6.07, 6.45) is 6.56. The van der Waals surface area contributed by atoms with Crippen LogP contribution in [0, 0.1) is 5.92 Å². The largest absolute Gasteiger partial charge is 0.328 e. The SMILES string of the molecule is C=CCCc1cn(CCC(C)C)c(=O)n1Cc1ccc(-c2ccccc2-c2nn[nH]n2)cc1. The monoisotopic (exact) mass is 442 g/mol. The zero-order chi connectivity index (χ0) is 23.2. The molecule has 0 aliphatic rings. The van der Waals surface area contributed by atoms with Gasteiger partial charge in [-0.1, -0.05) is 68.5 Å². The number of allylic oxidation sites excluding steroid dienone is 1. The molecule has 7 heteroatoms. The van der Waals surface area contributed by atoms with Gasteiger partial charge in [-0.25, -0.2) is 4.79 Å². The van der Waals surface area contributed by atoms with Gasteiger partial charge in [-0.05, 0) is 47.1 Å². The summed E-state index contributed by atoms with van der Waals surface area (Å²) in [5, 5.41) is 14.4. The smallest absolute Gasteiger partial charge is 0.299 e. The molecule has 0 bridgehead atoms. The van der Waals surface area contributed by atoms with E-state index in [1.807, 2.05) is 45.7 Å². The van der Waals surface area contributed by atoms with Crippen LogP contribution >= 0.6 is 0 Å². The minimum atomic E-state index is 0.0567. The summed E-state index contributed by atoms with van der Waals surface area (Å²) in [6, 6.07) is 16.3. The molecule has 0 radical (unpaired) electrons.